The number of alkyl halides is 3. The molecule has 1 aromatic rings. The fourth-order valence-corrected chi connectivity index (χ4v) is 0.517. The monoisotopic (exact) mass is 183 g/mol. The molecule has 0 spiro atoms. The molecule has 0 aromatic carbocycles. The molecule has 4 nitrogen and oxygen atoms in total. The summed E-state index contributed by atoms with van der Waals surface area (Å²) in [5, 5.41) is 17.0. The number of hydrogen-bond donors (Lipinski definition) is 2. The molecular formula is C5H4F3NO3. The molecule has 0 atom stereocenters. The smallest absolute Gasteiger partial charge is 0.444 e. The van der Waals surface area contributed by atoms with E-state index in [9.17, 15) is 13.2 Å². The van der Waals surface area contributed by atoms with Gasteiger partial charge in [0.2, 0.25) is 0 Å². The molecule has 0 bridgehead atoms. The van der Waals surface area contributed by atoms with Crippen LogP contribution >= 0.6 is 0 Å². The fourth-order valence-electron chi connectivity index (χ4n) is 0.517. The van der Waals surface area contributed by atoms with Gasteiger partial charge in [-0.2, -0.15) is 13.2 Å². The molecule has 0 aliphatic heterocycles. The van der Waals surface area contributed by atoms with Crippen LogP contribution in [0.15, 0.2) is 16.9 Å². The standard InChI is InChI=1S/C5H4F3NO3/c6-5(7,8)4(10,11)3-9-1-2-12-3/h1-2,10-11H. The third kappa shape index (κ3) is 1.28. The van der Waals surface area contributed by atoms with Gasteiger partial charge in [-0.1, -0.05) is 0 Å². The van der Waals surface area contributed by atoms with Gasteiger partial charge >= 0.3 is 12.0 Å². The van der Waals surface area contributed by atoms with Gasteiger partial charge in [0, 0.05) is 0 Å². The second-order valence-electron chi connectivity index (χ2n) is 2.01. The number of aromatic nitrogens is 1. The van der Waals surface area contributed by atoms with E-state index in [1.165, 1.54) is 0 Å². The van der Waals surface area contributed by atoms with Crippen molar-refractivity contribution in [3.63, 3.8) is 0 Å². The second kappa shape index (κ2) is 2.46. The Morgan fingerprint density at radius 3 is 2.25 bits per heavy atom. The zero-order valence-electron chi connectivity index (χ0n) is 5.54. The van der Waals surface area contributed by atoms with E-state index in [2.05, 4.69) is 9.40 Å². The summed E-state index contributed by atoms with van der Waals surface area (Å²) in [6.07, 6.45) is -3.54. The van der Waals surface area contributed by atoms with E-state index in [0.717, 1.165) is 12.5 Å². The first-order chi connectivity index (χ1) is 5.36. The highest BCUT2D eigenvalue weighted by molar-refractivity contribution is 4.94. The molecule has 0 aliphatic carbocycles. The van der Waals surface area contributed by atoms with Gasteiger partial charge in [0.15, 0.2) is 0 Å². The Morgan fingerprint density at radius 1 is 1.33 bits per heavy atom. The highest BCUT2D eigenvalue weighted by Gasteiger charge is 2.57. The minimum absolute atomic E-state index is 0.808. The third-order valence-corrected chi connectivity index (χ3v) is 1.13. The molecule has 1 heterocycles. The van der Waals surface area contributed by atoms with E-state index in [1.807, 2.05) is 0 Å². The molecule has 0 saturated heterocycles. The van der Waals surface area contributed by atoms with Crippen molar-refractivity contribution in [3.8, 4) is 0 Å². The summed E-state index contributed by atoms with van der Waals surface area (Å²) in [5.74, 6) is -5.22. The fraction of sp³-hybridized carbons (Fsp3) is 0.400. The van der Waals surface area contributed by atoms with E-state index < -0.39 is 17.9 Å². The van der Waals surface area contributed by atoms with Crippen molar-refractivity contribution in [1.82, 2.24) is 4.98 Å². The molecule has 0 amide bonds. The Morgan fingerprint density at radius 2 is 1.92 bits per heavy atom. The number of rotatable bonds is 1. The highest BCUT2D eigenvalue weighted by atomic mass is 19.4. The molecule has 0 unspecified atom stereocenters. The van der Waals surface area contributed by atoms with Gasteiger partial charge in [0.1, 0.15) is 6.26 Å². The summed E-state index contributed by atoms with van der Waals surface area (Å²) in [6, 6.07) is 0. The lowest BCUT2D eigenvalue weighted by molar-refractivity contribution is -0.366. The molecule has 0 radical (unpaired) electrons. The molecular weight excluding hydrogens is 179 g/mol. The van der Waals surface area contributed by atoms with E-state index in [0.29, 0.717) is 0 Å². The maximum atomic E-state index is 11.8. The third-order valence-electron chi connectivity index (χ3n) is 1.13. The van der Waals surface area contributed by atoms with Gasteiger partial charge in [0.05, 0.1) is 6.20 Å². The van der Waals surface area contributed by atoms with Crippen molar-refractivity contribution in [1.29, 1.82) is 0 Å². The van der Waals surface area contributed by atoms with Crippen molar-refractivity contribution >= 4 is 0 Å². The van der Waals surface area contributed by atoms with Crippen LogP contribution < -0.4 is 0 Å². The summed E-state index contributed by atoms with van der Waals surface area (Å²) >= 11 is 0. The van der Waals surface area contributed by atoms with Crippen LogP contribution in [0.3, 0.4) is 0 Å². The number of oxazole rings is 1. The predicted molar refractivity (Wildman–Crippen MR) is 28.7 cm³/mol. The maximum absolute atomic E-state index is 11.8. The maximum Gasteiger partial charge on any atom is 0.453 e. The van der Waals surface area contributed by atoms with Crippen LogP contribution in [-0.4, -0.2) is 21.4 Å². The van der Waals surface area contributed by atoms with Crippen LogP contribution in [0, 0.1) is 0 Å². The van der Waals surface area contributed by atoms with Gasteiger partial charge in [-0.05, 0) is 0 Å². The van der Waals surface area contributed by atoms with Gasteiger partial charge < -0.3 is 14.6 Å². The Labute approximate surface area is 64.3 Å². The summed E-state index contributed by atoms with van der Waals surface area (Å²) < 4.78 is 39.5. The molecule has 0 saturated carbocycles. The molecule has 1 aromatic heterocycles. The van der Waals surface area contributed by atoms with E-state index >= 15 is 0 Å². The van der Waals surface area contributed by atoms with Crippen LogP contribution in [0.2, 0.25) is 0 Å². The Bertz CT molecular complexity index is 253. The van der Waals surface area contributed by atoms with Crippen molar-refractivity contribution in [2.24, 2.45) is 0 Å². The molecule has 68 valence electrons. The first kappa shape index (κ1) is 9.01. The zero-order valence-corrected chi connectivity index (χ0v) is 5.54. The van der Waals surface area contributed by atoms with Crippen molar-refractivity contribution in [3.05, 3.63) is 18.4 Å². The zero-order chi connectivity index (χ0) is 9.41. The lowest BCUT2D eigenvalue weighted by atomic mass is 10.3. The highest BCUT2D eigenvalue weighted by Crippen LogP contribution is 2.35. The summed E-state index contributed by atoms with van der Waals surface area (Å²) in [4.78, 5) is 2.97. The van der Waals surface area contributed by atoms with Crippen LogP contribution in [0.1, 0.15) is 5.89 Å². The average Bonchev–Trinajstić information content (AvgIpc) is 2.34. The van der Waals surface area contributed by atoms with Crippen LogP contribution in [-0.2, 0) is 5.79 Å². The SMILES string of the molecule is OC(O)(c1ncco1)C(F)(F)F. The Hall–Kier alpha value is -1.08. The van der Waals surface area contributed by atoms with Crippen LogP contribution in [0.25, 0.3) is 0 Å². The van der Waals surface area contributed by atoms with E-state index in [1.54, 1.807) is 0 Å². The lowest BCUT2D eigenvalue weighted by Gasteiger charge is -2.20. The minimum atomic E-state index is -5.22. The van der Waals surface area contributed by atoms with Gasteiger partial charge in [0.25, 0.3) is 5.89 Å². The van der Waals surface area contributed by atoms with E-state index in [4.69, 9.17) is 10.2 Å². The molecule has 12 heavy (non-hydrogen) atoms. The van der Waals surface area contributed by atoms with Crippen molar-refractivity contribution < 1.29 is 27.8 Å². The second-order valence-corrected chi connectivity index (χ2v) is 2.01. The summed E-state index contributed by atoms with van der Waals surface area (Å²) in [6.45, 7) is 0. The molecule has 1 rings (SSSR count). The van der Waals surface area contributed by atoms with E-state index in [-0.39, 0.29) is 0 Å². The van der Waals surface area contributed by atoms with Crippen molar-refractivity contribution in [2.75, 3.05) is 0 Å². The average molecular weight is 183 g/mol. The first-order valence-corrected chi connectivity index (χ1v) is 2.77. The lowest BCUT2D eigenvalue weighted by Crippen LogP contribution is -2.42. The Kier molecular flexibility index (Phi) is 1.85. The van der Waals surface area contributed by atoms with Gasteiger partial charge in [-0.15, -0.1) is 0 Å². The largest absolute Gasteiger partial charge is 0.453 e. The first-order valence-electron chi connectivity index (χ1n) is 2.77. The van der Waals surface area contributed by atoms with Crippen LogP contribution in [0.5, 0.6) is 0 Å². The predicted octanol–water partition coefficient (Wildman–Crippen LogP) is 0.374. The van der Waals surface area contributed by atoms with Gasteiger partial charge in [-0.3, -0.25) is 0 Å². The van der Waals surface area contributed by atoms with Gasteiger partial charge in [-0.25, -0.2) is 4.98 Å². The summed E-state index contributed by atoms with van der Waals surface area (Å²) in [5.41, 5.74) is 0. The molecule has 2 N–H and O–H groups in total. The van der Waals surface area contributed by atoms with Crippen LogP contribution in [0.4, 0.5) is 13.2 Å². The Balaban J connectivity index is 3.02. The number of halogens is 3. The molecule has 0 fully saturated rings. The normalized spacial score (nSPS) is 13.4. The number of aliphatic hydroxyl groups is 2. The number of hydrogen-bond acceptors (Lipinski definition) is 4. The quantitative estimate of drug-likeness (QED) is 0.617. The minimum Gasteiger partial charge on any atom is -0.444 e. The number of nitrogens with zero attached hydrogens (tertiary/aromatic N) is 1. The van der Waals surface area contributed by atoms with Crippen molar-refractivity contribution in [2.45, 2.75) is 12.0 Å². The molecule has 0 aliphatic rings. The topological polar surface area (TPSA) is 66.5 Å². The summed E-state index contributed by atoms with van der Waals surface area (Å²) in [7, 11) is 0. The molecule has 7 heteroatoms.